The van der Waals surface area contributed by atoms with Gasteiger partial charge < -0.3 is 15.5 Å². The lowest BCUT2D eigenvalue weighted by Crippen LogP contribution is -2.56. The number of nitrogens with zero attached hydrogens (tertiary/aromatic N) is 1. The summed E-state index contributed by atoms with van der Waals surface area (Å²) in [6, 6.07) is 6.60. The van der Waals surface area contributed by atoms with Crippen LogP contribution < -0.4 is 16.0 Å². The van der Waals surface area contributed by atoms with Gasteiger partial charge in [0.2, 0.25) is 5.91 Å². The van der Waals surface area contributed by atoms with Crippen molar-refractivity contribution in [3.05, 3.63) is 35.4 Å². The highest BCUT2D eigenvalue weighted by molar-refractivity contribution is 6.07. The minimum atomic E-state index is -0.904. The Hall–Kier alpha value is -2.90. The first kappa shape index (κ1) is 16.9. The highest BCUT2D eigenvalue weighted by atomic mass is 16.2. The molecule has 0 saturated carbocycles. The maximum atomic E-state index is 12.3. The van der Waals surface area contributed by atoms with E-state index in [2.05, 4.69) is 16.0 Å². The van der Waals surface area contributed by atoms with E-state index in [4.69, 9.17) is 0 Å². The average Bonchev–Trinajstić information content (AvgIpc) is 2.87. The lowest BCUT2D eigenvalue weighted by Gasteiger charge is -2.37. The van der Waals surface area contributed by atoms with Crippen LogP contribution in [0, 0.1) is 6.92 Å². The van der Waals surface area contributed by atoms with Gasteiger partial charge in [-0.25, -0.2) is 4.79 Å². The van der Waals surface area contributed by atoms with Gasteiger partial charge in [-0.3, -0.25) is 19.7 Å². The molecule has 2 fully saturated rings. The van der Waals surface area contributed by atoms with Gasteiger partial charge in [0.15, 0.2) is 0 Å². The number of hydrogen-bond acceptors (Lipinski definition) is 4. The van der Waals surface area contributed by atoms with Gasteiger partial charge in [-0.1, -0.05) is 17.7 Å². The predicted molar refractivity (Wildman–Crippen MR) is 88.7 cm³/mol. The summed E-state index contributed by atoms with van der Waals surface area (Å²) in [5.41, 5.74) is 0.651. The summed E-state index contributed by atoms with van der Waals surface area (Å²) in [5, 5.41) is 7.49. The molecule has 1 aromatic rings. The zero-order chi connectivity index (χ0) is 18.0. The lowest BCUT2D eigenvalue weighted by atomic mass is 9.88. The Labute approximate surface area is 144 Å². The predicted octanol–water partition coefficient (Wildman–Crippen LogP) is -0.0746. The SMILES string of the molecule is Cc1ccc(C(=O)NCC(=O)N2CCC3(CC2)NC(=O)NC3=O)cc1. The van der Waals surface area contributed by atoms with Crippen molar-refractivity contribution < 1.29 is 19.2 Å². The fourth-order valence-corrected chi connectivity index (χ4v) is 3.09. The van der Waals surface area contributed by atoms with Crippen molar-refractivity contribution in [3.63, 3.8) is 0 Å². The fourth-order valence-electron chi connectivity index (χ4n) is 3.09. The van der Waals surface area contributed by atoms with E-state index in [-0.39, 0.29) is 24.3 Å². The van der Waals surface area contributed by atoms with Gasteiger partial charge in [0.05, 0.1) is 6.54 Å². The Bertz CT molecular complexity index is 721. The molecule has 2 saturated heterocycles. The third-order valence-electron chi connectivity index (χ3n) is 4.70. The van der Waals surface area contributed by atoms with Gasteiger partial charge in [-0.2, -0.15) is 0 Å². The molecule has 3 rings (SSSR count). The van der Waals surface area contributed by atoms with E-state index in [1.807, 2.05) is 19.1 Å². The Morgan fingerprint density at radius 3 is 2.36 bits per heavy atom. The third-order valence-corrected chi connectivity index (χ3v) is 4.70. The number of likely N-dealkylation sites (tertiary alicyclic amines) is 1. The van der Waals surface area contributed by atoms with Gasteiger partial charge in [0.25, 0.3) is 11.8 Å². The van der Waals surface area contributed by atoms with Crippen molar-refractivity contribution in [3.8, 4) is 0 Å². The molecule has 25 heavy (non-hydrogen) atoms. The van der Waals surface area contributed by atoms with Gasteiger partial charge in [0.1, 0.15) is 5.54 Å². The standard InChI is InChI=1S/C17H20N4O4/c1-11-2-4-12(5-3-11)14(23)18-10-13(22)21-8-6-17(7-9-21)15(24)19-16(25)20-17/h2-5H,6-10H2,1H3,(H,18,23)(H2,19,20,24,25). The molecule has 1 spiro atoms. The molecule has 2 heterocycles. The van der Waals surface area contributed by atoms with E-state index in [9.17, 15) is 19.2 Å². The number of amides is 5. The monoisotopic (exact) mass is 344 g/mol. The highest BCUT2D eigenvalue weighted by Crippen LogP contribution is 2.25. The number of carbonyl (C=O) groups excluding carboxylic acids is 4. The molecule has 0 bridgehead atoms. The van der Waals surface area contributed by atoms with E-state index < -0.39 is 11.6 Å². The van der Waals surface area contributed by atoms with Crippen LogP contribution in [0.2, 0.25) is 0 Å². The number of imide groups is 1. The van der Waals surface area contributed by atoms with E-state index in [0.29, 0.717) is 31.5 Å². The number of nitrogens with one attached hydrogen (secondary N) is 3. The minimum absolute atomic E-state index is 0.0989. The first-order valence-electron chi connectivity index (χ1n) is 8.16. The molecule has 3 N–H and O–H groups in total. The molecule has 0 atom stereocenters. The van der Waals surface area contributed by atoms with E-state index in [1.165, 1.54) is 0 Å². The van der Waals surface area contributed by atoms with Gasteiger partial charge in [-0.15, -0.1) is 0 Å². The first-order valence-corrected chi connectivity index (χ1v) is 8.16. The summed E-state index contributed by atoms with van der Waals surface area (Å²) < 4.78 is 0. The number of benzene rings is 1. The van der Waals surface area contributed by atoms with E-state index in [1.54, 1.807) is 17.0 Å². The molecule has 8 nitrogen and oxygen atoms in total. The highest BCUT2D eigenvalue weighted by Gasteiger charge is 2.48. The Morgan fingerprint density at radius 2 is 1.80 bits per heavy atom. The van der Waals surface area contributed by atoms with Crippen molar-refractivity contribution >= 4 is 23.8 Å². The number of rotatable bonds is 3. The van der Waals surface area contributed by atoms with Crippen LogP contribution in [0.5, 0.6) is 0 Å². The third kappa shape index (κ3) is 3.47. The van der Waals surface area contributed by atoms with Crippen molar-refractivity contribution in [2.45, 2.75) is 25.3 Å². The lowest BCUT2D eigenvalue weighted by molar-refractivity contribution is -0.134. The van der Waals surface area contributed by atoms with Crippen LogP contribution in [0.25, 0.3) is 0 Å². The smallest absolute Gasteiger partial charge is 0.322 e. The first-order chi connectivity index (χ1) is 11.9. The Balaban J connectivity index is 1.50. The zero-order valence-electron chi connectivity index (χ0n) is 13.9. The van der Waals surface area contributed by atoms with Crippen molar-refractivity contribution in [2.75, 3.05) is 19.6 Å². The van der Waals surface area contributed by atoms with Gasteiger partial charge >= 0.3 is 6.03 Å². The molecule has 132 valence electrons. The van der Waals surface area contributed by atoms with Crippen LogP contribution in [0.15, 0.2) is 24.3 Å². The van der Waals surface area contributed by atoms with Crippen LogP contribution in [-0.4, -0.2) is 53.8 Å². The Kier molecular flexibility index (Phi) is 4.43. The summed E-state index contributed by atoms with van der Waals surface area (Å²) in [6.07, 6.45) is 0.727. The second-order valence-corrected chi connectivity index (χ2v) is 6.42. The van der Waals surface area contributed by atoms with E-state index >= 15 is 0 Å². The molecule has 1 aromatic carbocycles. The van der Waals surface area contributed by atoms with Crippen LogP contribution in [0.4, 0.5) is 4.79 Å². The quantitative estimate of drug-likeness (QED) is 0.667. The number of carbonyl (C=O) groups is 4. The summed E-state index contributed by atoms with van der Waals surface area (Å²) in [5.74, 6) is -0.846. The number of piperidine rings is 1. The number of hydrogen-bond donors (Lipinski definition) is 3. The van der Waals surface area contributed by atoms with Gasteiger partial charge in [-0.05, 0) is 31.9 Å². The Morgan fingerprint density at radius 1 is 1.16 bits per heavy atom. The van der Waals surface area contributed by atoms with Gasteiger partial charge in [0, 0.05) is 18.7 Å². The van der Waals surface area contributed by atoms with Crippen molar-refractivity contribution in [1.29, 1.82) is 0 Å². The largest absolute Gasteiger partial charge is 0.343 e. The second kappa shape index (κ2) is 6.54. The van der Waals surface area contributed by atoms with Crippen LogP contribution >= 0.6 is 0 Å². The molecule has 0 radical (unpaired) electrons. The molecule has 0 unspecified atom stereocenters. The molecule has 5 amide bonds. The molecule has 0 aromatic heterocycles. The van der Waals surface area contributed by atoms with Crippen molar-refractivity contribution in [2.24, 2.45) is 0 Å². The number of aryl methyl sites for hydroxylation is 1. The molecule has 2 aliphatic heterocycles. The van der Waals surface area contributed by atoms with E-state index in [0.717, 1.165) is 5.56 Å². The molecule has 2 aliphatic rings. The topological polar surface area (TPSA) is 108 Å². The fraction of sp³-hybridized carbons (Fsp3) is 0.412. The van der Waals surface area contributed by atoms with Crippen LogP contribution in [0.1, 0.15) is 28.8 Å². The molecular weight excluding hydrogens is 324 g/mol. The van der Waals surface area contributed by atoms with Crippen molar-refractivity contribution in [1.82, 2.24) is 20.9 Å². The number of urea groups is 1. The summed E-state index contributed by atoms with van der Waals surface area (Å²) in [4.78, 5) is 49.1. The summed E-state index contributed by atoms with van der Waals surface area (Å²) >= 11 is 0. The molecular formula is C17H20N4O4. The zero-order valence-corrected chi connectivity index (χ0v) is 13.9. The molecule has 8 heteroatoms. The normalized spacial score (nSPS) is 18.7. The summed E-state index contributed by atoms with van der Waals surface area (Å²) in [6.45, 7) is 2.54. The summed E-state index contributed by atoms with van der Waals surface area (Å²) in [7, 11) is 0. The molecule has 0 aliphatic carbocycles. The average molecular weight is 344 g/mol. The minimum Gasteiger partial charge on any atom is -0.343 e. The maximum Gasteiger partial charge on any atom is 0.322 e. The van der Waals surface area contributed by atoms with Crippen LogP contribution in [-0.2, 0) is 9.59 Å². The maximum absolute atomic E-state index is 12.3. The van der Waals surface area contributed by atoms with Crippen LogP contribution in [0.3, 0.4) is 0 Å². The second-order valence-electron chi connectivity index (χ2n) is 6.42.